The van der Waals surface area contributed by atoms with Crippen LogP contribution in [0.4, 0.5) is 0 Å². The Morgan fingerprint density at radius 1 is 1.55 bits per heavy atom. The van der Waals surface area contributed by atoms with E-state index in [9.17, 15) is 9.59 Å². The van der Waals surface area contributed by atoms with Crippen LogP contribution in [0.15, 0.2) is 0 Å². The largest absolute Gasteiger partial charge is 0.369 e. The van der Waals surface area contributed by atoms with Crippen molar-refractivity contribution in [2.75, 3.05) is 14.2 Å². The number of carbonyl (C=O) groups excluding carboxylic acids is 2. The van der Waals surface area contributed by atoms with Gasteiger partial charge in [0.05, 0.1) is 7.11 Å². The molecule has 1 atom stereocenters. The fourth-order valence-corrected chi connectivity index (χ4v) is 0.484. The van der Waals surface area contributed by atoms with Gasteiger partial charge in [-0.05, 0) is 6.92 Å². The molecule has 0 aliphatic rings. The van der Waals surface area contributed by atoms with E-state index in [1.165, 1.54) is 21.1 Å². The minimum Gasteiger partial charge on any atom is -0.369 e. The van der Waals surface area contributed by atoms with Crippen LogP contribution in [-0.2, 0) is 14.4 Å². The lowest BCUT2D eigenvalue weighted by Gasteiger charge is -2.16. The molecule has 5 nitrogen and oxygen atoms in total. The van der Waals surface area contributed by atoms with Crippen LogP contribution in [-0.4, -0.2) is 31.0 Å². The molecule has 0 aliphatic heterocycles. The van der Waals surface area contributed by atoms with Crippen LogP contribution in [0.2, 0.25) is 0 Å². The number of hydrogen-bond acceptors (Lipinski definition) is 3. The van der Waals surface area contributed by atoms with Crippen molar-refractivity contribution in [1.82, 2.24) is 5.06 Å². The van der Waals surface area contributed by atoms with E-state index < -0.39 is 17.7 Å². The van der Waals surface area contributed by atoms with Crippen LogP contribution in [0.25, 0.3) is 0 Å². The van der Waals surface area contributed by atoms with Gasteiger partial charge in [-0.25, -0.2) is 5.06 Å². The van der Waals surface area contributed by atoms with E-state index in [0.29, 0.717) is 0 Å². The highest BCUT2D eigenvalue weighted by Crippen LogP contribution is 1.98. The van der Waals surface area contributed by atoms with Crippen molar-refractivity contribution in [3.8, 4) is 0 Å². The predicted octanol–water partition coefficient (Wildman–Crippen LogP) is -0.872. The van der Waals surface area contributed by atoms with Gasteiger partial charge in [-0.3, -0.25) is 14.4 Å². The summed E-state index contributed by atoms with van der Waals surface area (Å²) in [5, 5.41) is 0.968. The monoisotopic (exact) mass is 160 g/mol. The molecule has 0 saturated carbocycles. The Bertz CT molecular complexity index is 169. The average Bonchev–Trinajstić information content (AvgIpc) is 2.00. The molecule has 0 spiro atoms. The van der Waals surface area contributed by atoms with Crippen molar-refractivity contribution in [2.45, 2.75) is 6.92 Å². The van der Waals surface area contributed by atoms with Crippen molar-refractivity contribution < 1.29 is 14.4 Å². The van der Waals surface area contributed by atoms with Crippen molar-refractivity contribution in [2.24, 2.45) is 11.7 Å². The molecule has 2 N–H and O–H groups in total. The molecular formula is C6H12N2O3. The van der Waals surface area contributed by atoms with Gasteiger partial charge < -0.3 is 5.73 Å². The van der Waals surface area contributed by atoms with Crippen LogP contribution in [0, 0.1) is 5.92 Å². The zero-order valence-corrected chi connectivity index (χ0v) is 6.83. The summed E-state index contributed by atoms with van der Waals surface area (Å²) in [5.74, 6) is -1.93. The van der Waals surface area contributed by atoms with Crippen molar-refractivity contribution in [1.29, 1.82) is 0 Å². The summed E-state index contributed by atoms with van der Waals surface area (Å²) in [6, 6.07) is 0. The minimum absolute atomic E-state index is 0.444. The van der Waals surface area contributed by atoms with Crippen molar-refractivity contribution in [3.63, 3.8) is 0 Å². The molecule has 2 amide bonds. The van der Waals surface area contributed by atoms with E-state index in [-0.39, 0.29) is 0 Å². The Morgan fingerprint density at radius 3 is 2.27 bits per heavy atom. The van der Waals surface area contributed by atoms with E-state index in [2.05, 4.69) is 4.84 Å². The summed E-state index contributed by atoms with van der Waals surface area (Å²) in [5.41, 5.74) is 4.89. The summed E-state index contributed by atoms with van der Waals surface area (Å²) in [7, 11) is 2.76. The van der Waals surface area contributed by atoms with Crippen LogP contribution in [0.5, 0.6) is 0 Å². The Balaban J connectivity index is 4.13. The lowest BCUT2D eigenvalue weighted by Crippen LogP contribution is -2.37. The summed E-state index contributed by atoms with van der Waals surface area (Å²) >= 11 is 0. The topological polar surface area (TPSA) is 72.6 Å². The number of amides is 2. The lowest BCUT2D eigenvalue weighted by molar-refractivity contribution is -0.173. The molecule has 64 valence electrons. The Kier molecular flexibility index (Phi) is 3.53. The van der Waals surface area contributed by atoms with Gasteiger partial charge >= 0.3 is 0 Å². The van der Waals surface area contributed by atoms with Gasteiger partial charge in [-0.2, -0.15) is 0 Å². The summed E-state index contributed by atoms with van der Waals surface area (Å²) in [4.78, 5) is 26.1. The maximum absolute atomic E-state index is 11.0. The molecule has 0 aromatic carbocycles. The molecule has 0 aliphatic carbocycles. The van der Waals surface area contributed by atoms with Crippen molar-refractivity contribution in [3.05, 3.63) is 0 Å². The van der Waals surface area contributed by atoms with Gasteiger partial charge in [0, 0.05) is 7.05 Å². The van der Waals surface area contributed by atoms with Gasteiger partial charge in [0.1, 0.15) is 5.92 Å². The molecular weight excluding hydrogens is 148 g/mol. The first-order chi connectivity index (χ1) is 5.00. The Labute approximate surface area is 65.1 Å². The quantitative estimate of drug-likeness (QED) is 0.430. The second kappa shape index (κ2) is 3.92. The Hall–Kier alpha value is -1.10. The smallest absolute Gasteiger partial charge is 0.258 e. The van der Waals surface area contributed by atoms with Crippen LogP contribution in [0.1, 0.15) is 6.92 Å². The summed E-state index contributed by atoms with van der Waals surface area (Å²) < 4.78 is 0. The average molecular weight is 160 g/mol. The molecule has 0 bridgehead atoms. The number of hydroxylamine groups is 2. The molecule has 0 saturated heterocycles. The van der Waals surface area contributed by atoms with E-state index >= 15 is 0 Å². The van der Waals surface area contributed by atoms with E-state index in [4.69, 9.17) is 5.73 Å². The van der Waals surface area contributed by atoms with Crippen LogP contribution in [0.3, 0.4) is 0 Å². The molecule has 0 aromatic heterocycles. The van der Waals surface area contributed by atoms with E-state index in [1.54, 1.807) is 0 Å². The highest BCUT2D eigenvalue weighted by molar-refractivity contribution is 5.98. The predicted molar refractivity (Wildman–Crippen MR) is 38.1 cm³/mol. The summed E-state index contributed by atoms with van der Waals surface area (Å²) in [6.07, 6.45) is 0. The number of nitrogens with zero attached hydrogens (tertiary/aromatic N) is 1. The van der Waals surface area contributed by atoms with Crippen LogP contribution >= 0.6 is 0 Å². The fourth-order valence-electron chi connectivity index (χ4n) is 0.484. The van der Waals surface area contributed by atoms with Gasteiger partial charge in [0.25, 0.3) is 5.91 Å². The molecule has 1 unspecified atom stereocenters. The third kappa shape index (κ3) is 2.55. The highest BCUT2D eigenvalue weighted by atomic mass is 16.7. The van der Waals surface area contributed by atoms with Gasteiger partial charge in [-0.1, -0.05) is 0 Å². The molecule has 0 radical (unpaired) electrons. The van der Waals surface area contributed by atoms with Gasteiger partial charge in [0.2, 0.25) is 5.91 Å². The number of hydrogen-bond donors (Lipinski definition) is 1. The Morgan fingerprint density at radius 2 is 2.00 bits per heavy atom. The maximum Gasteiger partial charge on any atom is 0.258 e. The number of carbonyl (C=O) groups is 2. The fraction of sp³-hybridized carbons (Fsp3) is 0.667. The maximum atomic E-state index is 11.0. The normalized spacial score (nSPS) is 12.3. The highest BCUT2D eigenvalue weighted by Gasteiger charge is 2.21. The van der Waals surface area contributed by atoms with Gasteiger partial charge in [-0.15, -0.1) is 0 Å². The molecule has 5 heteroatoms. The van der Waals surface area contributed by atoms with Crippen LogP contribution < -0.4 is 5.73 Å². The standard InChI is InChI=1S/C6H12N2O3/c1-4(5(7)9)6(10)8(2)11-3/h4H,1-3H3,(H2,7,9). The first-order valence-electron chi connectivity index (χ1n) is 3.11. The molecule has 0 rings (SSSR count). The second-order valence-corrected chi connectivity index (χ2v) is 2.14. The van der Waals surface area contributed by atoms with E-state index in [1.807, 2.05) is 0 Å². The first-order valence-corrected chi connectivity index (χ1v) is 3.11. The zero-order valence-electron chi connectivity index (χ0n) is 6.83. The van der Waals surface area contributed by atoms with Gasteiger partial charge in [0.15, 0.2) is 0 Å². The zero-order chi connectivity index (χ0) is 9.02. The van der Waals surface area contributed by atoms with E-state index in [0.717, 1.165) is 5.06 Å². The molecule has 11 heavy (non-hydrogen) atoms. The molecule has 0 heterocycles. The molecule has 0 aromatic rings. The SMILES string of the molecule is CON(C)C(=O)C(C)C(N)=O. The minimum atomic E-state index is -0.833. The third-order valence-corrected chi connectivity index (χ3v) is 1.38. The van der Waals surface area contributed by atoms with Crippen molar-refractivity contribution >= 4 is 11.8 Å². The molecule has 0 fully saturated rings. The first kappa shape index (κ1) is 9.90. The number of nitrogens with two attached hydrogens (primary N) is 1. The number of rotatable bonds is 3. The lowest BCUT2D eigenvalue weighted by atomic mass is 10.1. The summed E-state index contributed by atoms with van der Waals surface area (Å²) in [6.45, 7) is 1.43. The number of primary amides is 1. The third-order valence-electron chi connectivity index (χ3n) is 1.38. The second-order valence-electron chi connectivity index (χ2n) is 2.14.